The molecule has 5 heteroatoms. The first-order chi connectivity index (χ1) is 8.74. The molecule has 2 aliphatic rings. The number of hydrogen-bond donors (Lipinski definition) is 3. The highest BCUT2D eigenvalue weighted by Gasteiger charge is 2.19. The molecule has 2 saturated heterocycles. The van der Waals surface area contributed by atoms with Crippen molar-refractivity contribution in [1.82, 2.24) is 20.9 Å². The zero-order valence-electron chi connectivity index (χ0n) is 11.4. The number of rotatable bonds is 3. The molecule has 0 aromatic heterocycles. The molecule has 1 unspecified atom stereocenters. The highest BCUT2D eigenvalue weighted by molar-refractivity contribution is 5.74. The van der Waals surface area contributed by atoms with Crippen LogP contribution in [0, 0.1) is 0 Å². The molecule has 0 spiro atoms. The predicted molar refractivity (Wildman–Crippen MR) is 72.7 cm³/mol. The second-order valence-corrected chi connectivity index (χ2v) is 5.58. The summed E-state index contributed by atoms with van der Waals surface area (Å²) in [5, 5.41) is 9.49. The van der Waals surface area contributed by atoms with Crippen molar-refractivity contribution in [2.45, 2.75) is 44.2 Å². The molecule has 2 amide bonds. The first kappa shape index (κ1) is 13.6. The molecule has 3 N–H and O–H groups in total. The van der Waals surface area contributed by atoms with Crippen molar-refractivity contribution >= 4 is 6.03 Å². The molecule has 0 aromatic rings. The average molecular weight is 254 g/mol. The Morgan fingerprint density at radius 2 is 2.06 bits per heavy atom. The van der Waals surface area contributed by atoms with Gasteiger partial charge in [-0.3, -0.25) is 0 Å². The van der Waals surface area contributed by atoms with Crippen LogP contribution in [0.5, 0.6) is 0 Å². The van der Waals surface area contributed by atoms with E-state index in [2.05, 4.69) is 27.9 Å². The number of likely N-dealkylation sites (tertiary alicyclic amines) is 1. The third-order valence-corrected chi connectivity index (χ3v) is 3.98. The second kappa shape index (κ2) is 6.95. The maximum Gasteiger partial charge on any atom is 0.315 e. The summed E-state index contributed by atoms with van der Waals surface area (Å²) >= 11 is 0. The summed E-state index contributed by atoms with van der Waals surface area (Å²) < 4.78 is 0. The molecule has 5 nitrogen and oxygen atoms in total. The molecule has 0 aliphatic carbocycles. The van der Waals surface area contributed by atoms with Crippen LogP contribution >= 0.6 is 0 Å². The van der Waals surface area contributed by atoms with Gasteiger partial charge in [-0.25, -0.2) is 4.79 Å². The molecule has 0 radical (unpaired) electrons. The first-order valence-corrected chi connectivity index (χ1v) is 7.20. The third-order valence-electron chi connectivity index (χ3n) is 3.98. The van der Waals surface area contributed by atoms with Crippen molar-refractivity contribution in [3.05, 3.63) is 0 Å². The Balaban J connectivity index is 1.59. The summed E-state index contributed by atoms with van der Waals surface area (Å²) in [5.74, 6) is 0. The zero-order valence-corrected chi connectivity index (χ0v) is 11.4. The monoisotopic (exact) mass is 254 g/mol. The fourth-order valence-corrected chi connectivity index (χ4v) is 2.70. The van der Waals surface area contributed by atoms with E-state index in [-0.39, 0.29) is 6.03 Å². The van der Waals surface area contributed by atoms with Crippen molar-refractivity contribution in [1.29, 1.82) is 0 Å². The SMILES string of the molecule is CN1CCC(NC(=O)NCC2CCCCN2)CC1. The summed E-state index contributed by atoms with van der Waals surface area (Å²) in [6.45, 7) is 3.99. The van der Waals surface area contributed by atoms with Gasteiger partial charge in [0.05, 0.1) is 0 Å². The smallest absolute Gasteiger partial charge is 0.315 e. The Labute approximate surface area is 110 Å². The number of nitrogens with zero attached hydrogens (tertiary/aromatic N) is 1. The Kier molecular flexibility index (Phi) is 5.26. The lowest BCUT2D eigenvalue weighted by Crippen LogP contribution is -2.50. The van der Waals surface area contributed by atoms with Gasteiger partial charge in [0.15, 0.2) is 0 Å². The number of carbonyl (C=O) groups excluding carboxylic acids is 1. The third kappa shape index (κ3) is 4.46. The van der Waals surface area contributed by atoms with Crippen LogP contribution in [0.2, 0.25) is 0 Å². The van der Waals surface area contributed by atoms with Gasteiger partial charge in [0.2, 0.25) is 0 Å². The van der Waals surface area contributed by atoms with Gasteiger partial charge >= 0.3 is 6.03 Å². The molecule has 1 atom stereocenters. The van der Waals surface area contributed by atoms with Gasteiger partial charge in [0.25, 0.3) is 0 Å². The molecular formula is C13H26N4O. The topological polar surface area (TPSA) is 56.4 Å². The van der Waals surface area contributed by atoms with Gasteiger partial charge in [-0.05, 0) is 52.4 Å². The van der Waals surface area contributed by atoms with Gasteiger partial charge < -0.3 is 20.9 Å². The van der Waals surface area contributed by atoms with E-state index < -0.39 is 0 Å². The molecule has 2 heterocycles. The highest BCUT2D eigenvalue weighted by atomic mass is 16.2. The van der Waals surface area contributed by atoms with Crippen LogP contribution in [0.4, 0.5) is 4.79 Å². The summed E-state index contributed by atoms with van der Waals surface area (Å²) in [4.78, 5) is 14.1. The normalized spacial score (nSPS) is 26.8. The van der Waals surface area contributed by atoms with Crippen LogP contribution in [0.25, 0.3) is 0 Å². The summed E-state index contributed by atoms with van der Waals surface area (Å²) in [5.41, 5.74) is 0. The Morgan fingerprint density at radius 3 is 2.72 bits per heavy atom. The summed E-state index contributed by atoms with van der Waals surface area (Å²) in [7, 11) is 2.13. The van der Waals surface area contributed by atoms with Crippen LogP contribution in [-0.2, 0) is 0 Å². The number of piperidine rings is 2. The number of urea groups is 1. The average Bonchev–Trinajstić information content (AvgIpc) is 2.40. The number of carbonyl (C=O) groups is 1. The molecule has 0 aromatic carbocycles. The number of nitrogens with one attached hydrogen (secondary N) is 3. The fraction of sp³-hybridized carbons (Fsp3) is 0.923. The molecule has 2 aliphatic heterocycles. The van der Waals surface area contributed by atoms with Crippen LogP contribution in [0.1, 0.15) is 32.1 Å². The van der Waals surface area contributed by atoms with E-state index in [0.29, 0.717) is 12.1 Å². The van der Waals surface area contributed by atoms with E-state index in [0.717, 1.165) is 39.0 Å². The molecule has 0 bridgehead atoms. The van der Waals surface area contributed by atoms with E-state index in [9.17, 15) is 4.79 Å². The molecule has 0 saturated carbocycles. The standard InChI is InChI=1S/C13H26N4O/c1-17-8-5-11(6-9-17)16-13(18)15-10-12-4-2-3-7-14-12/h11-12,14H,2-10H2,1H3,(H2,15,16,18). The van der Waals surface area contributed by atoms with Gasteiger partial charge in [-0.2, -0.15) is 0 Å². The maximum absolute atomic E-state index is 11.8. The van der Waals surface area contributed by atoms with Crippen molar-refractivity contribution in [3.8, 4) is 0 Å². The fourth-order valence-electron chi connectivity index (χ4n) is 2.70. The van der Waals surface area contributed by atoms with Gasteiger partial charge in [-0.15, -0.1) is 0 Å². The second-order valence-electron chi connectivity index (χ2n) is 5.58. The Hall–Kier alpha value is -0.810. The minimum Gasteiger partial charge on any atom is -0.337 e. The lowest BCUT2D eigenvalue weighted by molar-refractivity contribution is 0.212. The molecular weight excluding hydrogens is 228 g/mol. The molecule has 2 fully saturated rings. The minimum absolute atomic E-state index is 0.00285. The van der Waals surface area contributed by atoms with Crippen LogP contribution in [0.3, 0.4) is 0 Å². The summed E-state index contributed by atoms with van der Waals surface area (Å²) in [6, 6.07) is 0.805. The van der Waals surface area contributed by atoms with E-state index >= 15 is 0 Å². The molecule has 18 heavy (non-hydrogen) atoms. The highest BCUT2D eigenvalue weighted by Crippen LogP contribution is 2.08. The lowest BCUT2D eigenvalue weighted by Gasteiger charge is -2.30. The van der Waals surface area contributed by atoms with E-state index in [1.165, 1.54) is 19.3 Å². The minimum atomic E-state index is -0.00285. The molecule has 2 rings (SSSR count). The zero-order chi connectivity index (χ0) is 12.8. The van der Waals surface area contributed by atoms with Crippen LogP contribution < -0.4 is 16.0 Å². The lowest BCUT2D eigenvalue weighted by atomic mass is 10.1. The number of amides is 2. The quantitative estimate of drug-likeness (QED) is 0.688. The van der Waals surface area contributed by atoms with Crippen molar-refractivity contribution in [3.63, 3.8) is 0 Å². The van der Waals surface area contributed by atoms with Crippen molar-refractivity contribution < 1.29 is 4.79 Å². The van der Waals surface area contributed by atoms with E-state index in [1.54, 1.807) is 0 Å². The van der Waals surface area contributed by atoms with Gasteiger partial charge in [-0.1, -0.05) is 6.42 Å². The van der Waals surface area contributed by atoms with Crippen molar-refractivity contribution in [2.75, 3.05) is 33.2 Å². The van der Waals surface area contributed by atoms with Crippen molar-refractivity contribution in [2.24, 2.45) is 0 Å². The maximum atomic E-state index is 11.8. The summed E-state index contributed by atoms with van der Waals surface area (Å²) in [6.07, 6.45) is 5.83. The largest absolute Gasteiger partial charge is 0.337 e. The van der Waals surface area contributed by atoms with Crippen LogP contribution in [-0.4, -0.2) is 56.2 Å². The molecule has 104 valence electrons. The predicted octanol–water partition coefficient (Wildman–Crippen LogP) is 0.522. The van der Waals surface area contributed by atoms with Crippen LogP contribution in [0.15, 0.2) is 0 Å². The van der Waals surface area contributed by atoms with Gasteiger partial charge in [0, 0.05) is 18.6 Å². The van der Waals surface area contributed by atoms with E-state index in [4.69, 9.17) is 0 Å². The number of hydrogen-bond acceptors (Lipinski definition) is 3. The first-order valence-electron chi connectivity index (χ1n) is 7.20. The Morgan fingerprint density at radius 1 is 1.28 bits per heavy atom. The van der Waals surface area contributed by atoms with Gasteiger partial charge in [0.1, 0.15) is 0 Å². The Bertz CT molecular complexity index is 258. The van der Waals surface area contributed by atoms with E-state index in [1.807, 2.05) is 0 Å².